The fourth-order valence-corrected chi connectivity index (χ4v) is 2.94. The van der Waals surface area contributed by atoms with Gasteiger partial charge in [0.25, 0.3) is 0 Å². The summed E-state index contributed by atoms with van der Waals surface area (Å²) in [7, 11) is 0. The first-order chi connectivity index (χ1) is 8.37. The van der Waals surface area contributed by atoms with E-state index in [-0.39, 0.29) is 5.91 Å². The lowest BCUT2D eigenvalue weighted by Crippen LogP contribution is -2.48. The zero-order valence-electron chi connectivity index (χ0n) is 10.8. The minimum Gasteiger partial charge on any atom is -0.379 e. The Bertz CT molecular complexity index is 332. The van der Waals surface area contributed by atoms with Crippen molar-refractivity contribution in [2.75, 3.05) is 32.8 Å². The average Bonchev–Trinajstić information content (AvgIpc) is 2.87. The Morgan fingerprint density at radius 3 is 2.50 bits per heavy atom. The summed E-state index contributed by atoms with van der Waals surface area (Å²) in [6.45, 7) is 7.91. The molecule has 18 heavy (non-hydrogen) atoms. The normalized spacial score (nSPS) is 32.9. The minimum atomic E-state index is -0.890. The van der Waals surface area contributed by atoms with Gasteiger partial charge in [-0.05, 0) is 20.3 Å². The first kappa shape index (κ1) is 14.4. The van der Waals surface area contributed by atoms with Gasteiger partial charge in [-0.2, -0.15) is 0 Å². The lowest BCUT2D eigenvalue weighted by molar-refractivity contribution is -0.126. The number of hydrogen-bond acceptors (Lipinski definition) is 3. The van der Waals surface area contributed by atoms with Gasteiger partial charge in [-0.3, -0.25) is 9.69 Å². The van der Waals surface area contributed by atoms with Gasteiger partial charge in [0.15, 0.2) is 0 Å². The predicted molar refractivity (Wildman–Crippen MR) is 72.0 cm³/mol. The van der Waals surface area contributed by atoms with Crippen molar-refractivity contribution in [3.8, 4) is 0 Å². The summed E-state index contributed by atoms with van der Waals surface area (Å²) in [5.41, 5.74) is -0.624. The summed E-state index contributed by atoms with van der Waals surface area (Å²) in [6.07, 6.45) is 0.529. The Kier molecular flexibility index (Phi) is 4.12. The van der Waals surface area contributed by atoms with Crippen LogP contribution in [-0.2, 0) is 9.53 Å². The van der Waals surface area contributed by atoms with Crippen molar-refractivity contribution in [1.82, 2.24) is 10.2 Å². The molecule has 0 aromatic rings. The van der Waals surface area contributed by atoms with Crippen LogP contribution in [-0.4, -0.2) is 54.0 Å². The van der Waals surface area contributed by atoms with Gasteiger partial charge in [0, 0.05) is 25.7 Å². The number of alkyl halides is 2. The number of nitrogens with zero attached hydrogens (tertiary/aromatic N) is 1. The Morgan fingerprint density at radius 1 is 1.44 bits per heavy atom. The molecule has 0 aromatic heterocycles. The van der Waals surface area contributed by atoms with E-state index in [4.69, 9.17) is 27.9 Å². The summed E-state index contributed by atoms with van der Waals surface area (Å²) in [6, 6.07) is 0.306. The fraction of sp³-hybridized carbons (Fsp3) is 0.917. The van der Waals surface area contributed by atoms with Gasteiger partial charge in [-0.25, -0.2) is 0 Å². The van der Waals surface area contributed by atoms with Crippen molar-refractivity contribution < 1.29 is 9.53 Å². The summed E-state index contributed by atoms with van der Waals surface area (Å²) in [5.74, 6) is -0.0485. The molecule has 6 heteroatoms. The van der Waals surface area contributed by atoms with E-state index in [2.05, 4.69) is 17.1 Å². The van der Waals surface area contributed by atoms with Crippen molar-refractivity contribution in [1.29, 1.82) is 0 Å². The first-order valence-electron chi connectivity index (χ1n) is 6.35. The number of amides is 1. The van der Waals surface area contributed by atoms with Crippen molar-refractivity contribution >= 4 is 29.1 Å². The van der Waals surface area contributed by atoms with Crippen LogP contribution in [0.15, 0.2) is 0 Å². The van der Waals surface area contributed by atoms with Gasteiger partial charge >= 0.3 is 0 Å². The maximum atomic E-state index is 12.0. The third-order valence-corrected chi connectivity index (χ3v) is 5.09. The van der Waals surface area contributed by atoms with Crippen molar-refractivity contribution in [2.24, 2.45) is 5.41 Å². The molecule has 1 saturated heterocycles. The Balaban J connectivity index is 1.76. The zero-order valence-corrected chi connectivity index (χ0v) is 12.4. The van der Waals surface area contributed by atoms with Crippen LogP contribution < -0.4 is 5.32 Å². The van der Waals surface area contributed by atoms with Crippen LogP contribution in [0, 0.1) is 5.41 Å². The lowest BCUT2D eigenvalue weighted by atomic mass is 10.1. The monoisotopic (exact) mass is 294 g/mol. The number of morpholine rings is 1. The molecule has 0 unspecified atom stereocenters. The molecule has 1 aliphatic carbocycles. The molecule has 1 N–H and O–H groups in total. The Hall–Kier alpha value is -0.0300. The highest BCUT2D eigenvalue weighted by Crippen LogP contribution is 2.63. The van der Waals surface area contributed by atoms with Crippen molar-refractivity contribution in [3.05, 3.63) is 0 Å². The van der Waals surface area contributed by atoms with Crippen molar-refractivity contribution in [3.63, 3.8) is 0 Å². The number of hydrogen-bond donors (Lipinski definition) is 1. The SMILES string of the molecule is C[C@@H](CNC(=O)[C@]1(C)CC1(Cl)Cl)N1CCOCC1. The van der Waals surface area contributed by atoms with E-state index in [1.54, 1.807) is 0 Å². The summed E-state index contributed by atoms with van der Waals surface area (Å²) in [4.78, 5) is 14.3. The quantitative estimate of drug-likeness (QED) is 0.797. The molecule has 1 aliphatic heterocycles. The molecule has 2 rings (SSSR count). The second-order valence-electron chi connectivity index (χ2n) is 5.42. The molecular formula is C12H20Cl2N2O2. The maximum Gasteiger partial charge on any atom is 0.229 e. The van der Waals surface area contributed by atoms with Gasteiger partial charge in [0.05, 0.1) is 18.6 Å². The molecule has 1 heterocycles. The third kappa shape index (κ3) is 2.77. The first-order valence-corrected chi connectivity index (χ1v) is 7.10. The molecule has 0 radical (unpaired) electrons. The Labute approximate surface area is 118 Å². The van der Waals surface area contributed by atoms with Crippen LogP contribution in [0.25, 0.3) is 0 Å². The van der Waals surface area contributed by atoms with E-state index in [1.165, 1.54) is 0 Å². The largest absolute Gasteiger partial charge is 0.379 e. The van der Waals surface area contributed by atoms with Crippen LogP contribution in [0.5, 0.6) is 0 Å². The van der Waals surface area contributed by atoms with Crippen LogP contribution in [0.1, 0.15) is 20.3 Å². The van der Waals surface area contributed by atoms with Gasteiger partial charge in [0.1, 0.15) is 4.33 Å². The van der Waals surface area contributed by atoms with E-state index < -0.39 is 9.75 Å². The molecule has 0 bridgehead atoms. The topological polar surface area (TPSA) is 41.6 Å². The maximum absolute atomic E-state index is 12.0. The molecule has 104 valence electrons. The van der Waals surface area contributed by atoms with Crippen LogP contribution in [0.3, 0.4) is 0 Å². The number of nitrogens with one attached hydrogen (secondary N) is 1. The predicted octanol–water partition coefficient (Wildman–Crippen LogP) is 1.41. The van der Waals surface area contributed by atoms with E-state index in [0.717, 1.165) is 26.3 Å². The number of ether oxygens (including phenoxy) is 1. The second-order valence-corrected chi connectivity index (χ2v) is 6.90. The van der Waals surface area contributed by atoms with Gasteiger partial charge in [-0.1, -0.05) is 0 Å². The van der Waals surface area contributed by atoms with Gasteiger partial charge in [0.2, 0.25) is 5.91 Å². The fourth-order valence-electron chi connectivity index (χ4n) is 2.23. The average molecular weight is 295 g/mol. The van der Waals surface area contributed by atoms with Gasteiger partial charge in [-0.15, -0.1) is 23.2 Å². The van der Waals surface area contributed by atoms with E-state index in [9.17, 15) is 4.79 Å². The molecular weight excluding hydrogens is 275 g/mol. The molecule has 1 saturated carbocycles. The molecule has 2 atom stereocenters. The second kappa shape index (κ2) is 5.16. The highest BCUT2D eigenvalue weighted by Gasteiger charge is 2.67. The number of halogens is 2. The van der Waals surface area contributed by atoms with E-state index in [1.807, 2.05) is 6.92 Å². The summed E-state index contributed by atoms with van der Waals surface area (Å²) < 4.78 is 4.41. The van der Waals surface area contributed by atoms with E-state index >= 15 is 0 Å². The highest BCUT2D eigenvalue weighted by molar-refractivity contribution is 6.53. The van der Waals surface area contributed by atoms with Crippen molar-refractivity contribution in [2.45, 2.75) is 30.6 Å². The Morgan fingerprint density at radius 2 is 2.00 bits per heavy atom. The smallest absolute Gasteiger partial charge is 0.229 e. The zero-order chi connectivity index (χ0) is 13.4. The molecule has 4 nitrogen and oxygen atoms in total. The number of carbonyl (C=O) groups excluding carboxylic acids is 1. The van der Waals surface area contributed by atoms with E-state index in [0.29, 0.717) is 19.0 Å². The summed E-state index contributed by atoms with van der Waals surface area (Å²) in [5, 5.41) is 2.95. The van der Waals surface area contributed by atoms with Crippen LogP contribution in [0.2, 0.25) is 0 Å². The molecule has 2 aliphatic rings. The molecule has 0 aromatic carbocycles. The molecule has 2 fully saturated rings. The third-order valence-electron chi connectivity index (χ3n) is 3.99. The lowest BCUT2D eigenvalue weighted by Gasteiger charge is -2.32. The molecule has 0 spiro atoms. The minimum absolute atomic E-state index is 0.0485. The standard InChI is InChI=1S/C12H20Cl2N2O2/c1-9(16-3-5-18-6-4-16)7-15-10(17)11(2)8-12(11,13)14/h9H,3-8H2,1-2H3,(H,15,17)/t9-,11-/m0/s1. The number of rotatable bonds is 4. The molecule has 1 amide bonds. The highest BCUT2D eigenvalue weighted by atomic mass is 35.5. The van der Waals surface area contributed by atoms with Gasteiger partial charge < -0.3 is 10.1 Å². The van der Waals surface area contributed by atoms with Crippen LogP contribution >= 0.6 is 23.2 Å². The number of carbonyl (C=O) groups is 1. The van der Waals surface area contributed by atoms with Crippen LogP contribution in [0.4, 0.5) is 0 Å². The summed E-state index contributed by atoms with van der Waals surface area (Å²) >= 11 is 12.0.